The standard InChI is InChI=1S/C20H27N4O6P.C2H6.2C2H2/c1-14(2)29-19(26)12-21-24(15-6-4-3-5-7-15)31-28-13-16-8-9-18(30-16)23-11-10-17(25)22-20(23)27;3*1-2/h3-7,10-11,14,16,18,21,31H,8-9,12-13H2,1-2H3,(H,22,25,27);1-2H3;2*1-2H. The molecule has 2 N–H and O–H groups in total. The van der Waals surface area contributed by atoms with Gasteiger partial charge in [0.25, 0.3) is 5.56 Å². The van der Waals surface area contributed by atoms with Gasteiger partial charge in [-0.2, -0.15) is 0 Å². The van der Waals surface area contributed by atoms with Crippen LogP contribution in [0.2, 0.25) is 0 Å². The lowest BCUT2D eigenvalue weighted by atomic mass is 10.2. The summed E-state index contributed by atoms with van der Waals surface area (Å²) in [5.41, 5.74) is 2.96. The molecule has 1 aliphatic rings. The number of H-pyrrole nitrogens is 1. The number of hydrogen-bond donors (Lipinski definition) is 2. The van der Waals surface area contributed by atoms with Gasteiger partial charge in [0.15, 0.2) is 0 Å². The number of anilines is 1. The molecule has 3 atom stereocenters. The Hall–Kier alpha value is -3.40. The zero-order valence-corrected chi connectivity index (χ0v) is 22.8. The summed E-state index contributed by atoms with van der Waals surface area (Å²) in [6, 6.07) is 10.8. The Labute approximate surface area is 220 Å². The minimum atomic E-state index is -0.492. The highest BCUT2D eigenvalue weighted by Crippen LogP contribution is 2.30. The van der Waals surface area contributed by atoms with E-state index in [4.69, 9.17) is 14.0 Å². The van der Waals surface area contributed by atoms with E-state index < -0.39 is 17.5 Å². The summed E-state index contributed by atoms with van der Waals surface area (Å²) in [7, 11) is -0.104. The van der Waals surface area contributed by atoms with Gasteiger partial charge in [-0.1, -0.05) is 32.0 Å². The van der Waals surface area contributed by atoms with E-state index in [0.717, 1.165) is 12.1 Å². The Balaban J connectivity index is 0.00000201. The molecule has 0 bridgehead atoms. The molecule has 2 aromatic rings. The molecule has 0 saturated carbocycles. The van der Waals surface area contributed by atoms with Crippen molar-refractivity contribution in [3.8, 4) is 25.7 Å². The first-order valence-electron chi connectivity index (χ1n) is 11.7. The summed E-state index contributed by atoms with van der Waals surface area (Å²) in [5, 5.41) is 0. The van der Waals surface area contributed by atoms with Crippen molar-refractivity contribution in [2.24, 2.45) is 0 Å². The van der Waals surface area contributed by atoms with Gasteiger partial charge in [-0.3, -0.25) is 23.9 Å². The maximum atomic E-state index is 11.9. The summed E-state index contributed by atoms with van der Waals surface area (Å²) in [5.74, 6) is -0.353. The molecule has 1 aromatic heterocycles. The summed E-state index contributed by atoms with van der Waals surface area (Å²) in [4.78, 5) is 37.3. The maximum absolute atomic E-state index is 11.9. The van der Waals surface area contributed by atoms with Crippen molar-refractivity contribution in [2.45, 2.75) is 59.0 Å². The van der Waals surface area contributed by atoms with E-state index in [9.17, 15) is 14.4 Å². The second-order valence-electron chi connectivity index (χ2n) is 7.25. The number of carbonyl (C=O) groups excluding carboxylic acids is 1. The van der Waals surface area contributed by atoms with Crippen LogP contribution < -0.4 is 21.5 Å². The highest BCUT2D eigenvalue weighted by Gasteiger charge is 2.27. The monoisotopic (exact) mass is 532 g/mol. The fourth-order valence-corrected chi connectivity index (χ4v) is 3.85. The van der Waals surface area contributed by atoms with Crippen LogP contribution in [0.1, 0.15) is 46.8 Å². The maximum Gasteiger partial charge on any atom is 0.330 e. The predicted molar refractivity (Wildman–Crippen MR) is 148 cm³/mol. The van der Waals surface area contributed by atoms with Crippen LogP contribution in [0.15, 0.2) is 52.2 Å². The number of aromatic amines is 1. The number of hydrogen-bond acceptors (Lipinski definition) is 8. The van der Waals surface area contributed by atoms with Crippen molar-refractivity contribution in [3.63, 3.8) is 0 Å². The highest BCUT2D eigenvalue weighted by molar-refractivity contribution is 7.34. The van der Waals surface area contributed by atoms with Crippen molar-refractivity contribution in [2.75, 3.05) is 17.9 Å². The molecule has 1 saturated heterocycles. The van der Waals surface area contributed by atoms with Gasteiger partial charge in [0.2, 0.25) is 0 Å². The molecule has 11 heteroatoms. The average Bonchev–Trinajstić information content (AvgIpc) is 3.38. The molecule has 3 rings (SSSR count). The largest absolute Gasteiger partial charge is 0.462 e. The van der Waals surface area contributed by atoms with Gasteiger partial charge < -0.3 is 14.0 Å². The SMILES string of the molecule is C#C.C#C.CC.CC(C)OC(=O)CNN(POCC1CCC(n2ccc(=O)[nH]c2=O)O1)c1ccccc1. The lowest BCUT2D eigenvalue weighted by molar-refractivity contribution is -0.146. The Bertz CT molecular complexity index is 1050. The Kier molecular flexibility index (Phi) is 17.9. The lowest BCUT2D eigenvalue weighted by Gasteiger charge is -2.25. The minimum Gasteiger partial charge on any atom is -0.462 e. The summed E-state index contributed by atoms with van der Waals surface area (Å²) in [6.07, 6.45) is 18.0. The number of nitrogens with one attached hydrogen (secondary N) is 2. The van der Waals surface area contributed by atoms with Gasteiger partial charge in [-0.05, 0) is 38.8 Å². The molecular weight excluding hydrogens is 495 g/mol. The van der Waals surface area contributed by atoms with Gasteiger partial charge >= 0.3 is 11.7 Å². The zero-order valence-electron chi connectivity index (χ0n) is 21.8. The van der Waals surface area contributed by atoms with E-state index in [1.54, 1.807) is 18.6 Å². The predicted octanol–water partition coefficient (Wildman–Crippen LogP) is 3.23. The number of rotatable bonds is 10. The van der Waals surface area contributed by atoms with Crippen molar-refractivity contribution >= 4 is 20.6 Å². The molecule has 1 fully saturated rings. The molecule has 0 radical (unpaired) electrons. The van der Waals surface area contributed by atoms with E-state index in [-0.39, 0.29) is 33.7 Å². The van der Waals surface area contributed by atoms with E-state index in [0.29, 0.717) is 13.0 Å². The Morgan fingerprint density at radius 3 is 2.41 bits per heavy atom. The lowest BCUT2D eigenvalue weighted by Crippen LogP contribution is -2.37. The molecule has 1 aliphatic heterocycles. The van der Waals surface area contributed by atoms with Crippen LogP contribution in [-0.4, -0.2) is 40.9 Å². The van der Waals surface area contributed by atoms with Gasteiger partial charge in [-0.25, -0.2) is 10.2 Å². The molecule has 0 aliphatic carbocycles. The molecule has 202 valence electrons. The first-order valence-corrected chi connectivity index (χ1v) is 12.6. The topological polar surface area (TPSA) is 115 Å². The molecule has 10 nitrogen and oxygen atoms in total. The van der Waals surface area contributed by atoms with Crippen molar-refractivity contribution in [1.29, 1.82) is 0 Å². The first-order chi connectivity index (χ1) is 17.9. The molecular formula is C26H37N4O6P. The average molecular weight is 533 g/mol. The first kappa shape index (κ1) is 33.6. The van der Waals surface area contributed by atoms with Crippen LogP contribution in [0.25, 0.3) is 0 Å². The Morgan fingerprint density at radius 1 is 1.16 bits per heavy atom. The quantitative estimate of drug-likeness (QED) is 0.208. The van der Waals surface area contributed by atoms with Crippen LogP contribution in [0.4, 0.5) is 5.69 Å². The van der Waals surface area contributed by atoms with Crippen molar-refractivity contribution < 1.29 is 18.8 Å². The number of aromatic nitrogens is 2. The fourth-order valence-electron chi connectivity index (χ4n) is 3.06. The number of nitrogens with zero attached hydrogens (tertiary/aromatic N) is 2. The summed E-state index contributed by atoms with van der Waals surface area (Å²) < 4.78 is 20.0. The van der Waals surface area contributed by atoms with E-state index in [1.165, 1.54) is 16.8 Å². The zero-order chi connectivity index (χ0) is 28.2. The van der Waals surface area contributed by atoms with Crippen LogP contribution in [0.5, 0.6) is 0 Å². The van der Waals surface area contributed by atoms with Crippen LogP contribution in [-0.2, 0) is 18.8 Å². The molecule has 37 heavy (non-hydrogen) atoms. The normalized spacial score (nSPS) is 15.9. The van der Waals surface area contributed by atoms with Crippen molar-refractivity contribution in [3.05, 3.63) is 63.4 Å². The van der Waals surface area contributed by atoms with Gasteiger partial charge in [0, 0.05) is 12.3 Å². The molecule has 0 amide bonds. The van der Waals surface area contributed by atoms with E-state index in [2.05, 4.69) is 36.1 Å². The second-order valence-corrected chi connectivity index (χ2v) is 8.17. The number of terminal acetylenes is 2. The molecule has 2 heterocycles. The van der Waals surface area contributed by atoms with E-state index >= 15 is 0 Å². The summed E-state index contributed by atoms with van der Waals surface area (Å²) in [6.45, 7) is 7.94. The fraction of sp³-hybridized carbons (Fsp3) is 0.423. The van der Waals surface area contributed by atoms with Gasteiger partial charge in [-0.15, -0.1) is 25.7 Å². The van der Waals surface area contributed by atoms with Gasteiger partial charge in [0.05, 0.1) is 24.5 Å². The molecule has 3 unspecified atom stereocenters. The van der Waals surface area contributed by atoms with E-state index in [1.807, 2.05) is 44.2 Å². The number of hydrazine groups is 1. The number of benzene rings is 1. The molecule has 1 aromatic carbocycles. The number of ether oxygens (including phenoxy) is 2. The minimum absolute atomic E-state index is 0.0144. The second kappa shape index (κ2) is 19.7. The van der Waals surface area contributed by atoms with Crippen LogP contribution >= 0.6 is 8.96 Å². The third-order valence-corrected chi connectivity index (χ3v) is 5.33. The summed E-state index contributed by atoms with van der Waals surface area (Å²) >= 11 is 0. The molecule has 0 spiro atoms. The Morgan fingerprint density at radius 2 is 1.81 bits per heavy atom. The van der Waals surface area contributed by atoms with Crippen molar-refractivity contribution in [1.82, 2.24) is 15.0 Å². The third kappa shape index (κ3) is 12.4. The van der Waals surface area contributed by atoms with Crippen LogP contribution in [0, 0.1) is 25.7 Å². The third-order valence-electron chi connectivity index (χ3n) is 4.43. The number of carbonyl (C=O) groups is 1. The highest BCUT2D eigenvalue weighted by atomic mass is 31.1. The smallest absolute Gasteiger partial charge is 0.330 e. The van der Waals surface area contributed by atoms with Gasteiger partial charge in [0.1, 0.15) is 21.7 Å². The van der Waals surface area contributed by atoms with Crippen LogP contribution in [0.3, 0.4) is 0 Å². The number of esters is 1. The number of para-hydroxylation sites is 1.